The second-order valence-electron chi connectivity index (χ2n) is 4.88. The summed E-state index contributed by atoms with van der Waals surface area (Å²) in [4.78, 5) is 15.7. The molecule has 122 valence electrons. The van der Waals surface area contributed by atoms with Crippen LogP contribution in [0.3, 0.4) is 0 Å². The average molecular weight is 315 g/mol. The van der Waals surface area contributed by atoms with Crippen LogP contribution in [0.2, 0.25) is 0 Å². The van der Waals surface area contributed by atoms with Crippen LogP contribution in [-0.4, -0.2) is 24.1 Å². The van der Waals surface area contributed by atoms with E-state index in [-0.39, 0.29) is 5.91 Å². The van der Waals surface area contributed by atoms with Crippen molar-refractivity contribution in [3.05, 3.63) is 42.6 Å². The molecule has 0 saturated heterocycles. The highest BCUT2D eigenvalue weighted by Gasteiger charge is 2.03. The van der Waals surface area contributed by atoms with E-state index in [1.807, 2.05) is 31.2 Å². The van der Waals surface area contributed by atoms with Gasteiger partial charge in [0.05, 0.1) is 25.1 Å². The molecule has 3 N–H and O–H groups in total. The van der Waals surface area contributed by atoms with Crippen LogP contribution in [-0.2, 0) is 4.79 Å². The molecular weight excluding hydrogens is 294 g/mol. The number of anilines is 2. The molecule has 0 bridgehead atoms. The monoisotopic (exact) mass is 315 g/mol. The minimum atomic E-state index is -0.0770. The molecule has 0 unspecified atom stereocenters. The largest absolute Gasteiger partial charge is 0.494 e. The third-order valence-corrected chi connectivity index (χ3v) is 3.02. The summed E-state index contributed by atoms with van der Waals surface area (Å²) in [5, 5.41) is 2.76. The van der Waals surface area contributed by atoms with Gasteiger partial charge in [-0.2, -0.15) is 0 Å². The number of carbonyl (C=O) groups is 1. The number of benzene rings is 1. The molecule has 1 amide bonds. The summed E-state index contributed by atoms with van der Waals surface area (Å²) in [6.45, 7) is 3.05. The van der Waals surface area contributed by atoms with Crippen molar-refractivity contribution in [1.29, 1.82) is 0 Å². The van der Waals surface area contributed by atoms with Crippen molar-refractivity contribution in [2.24, 2.45) is 0 Å². The Morgan fingerprint density at radius 1 is 1.13 bits per heavy atom. The van der Waals surface area contributed by atoms with Crippen LogP contribution >= 0.6 is 0 Å². The molecule has 2 aromatic rings. The predicted molar refractivity (Wildman–Crippen MR) is 89.6 cm³/mol. The van der Waals surface area contributed by atoms with Crippen LogP contribution in [0.4, 0.5) is 11.5 Å². The number of nitrogens with one attached hydrogen (secondary N) is 1. The Labute approximate surface area is 135 Å². The SMILES string of the molecule is CCOc1ccc(OCCCC(=O)Nc2ccc(N)nc2)cc1. The van der Waals surface area contributed by atoms with Gasteiger partial charge in [0, 0.05) is 6.42 Å². The van der Waals surface area contributed by atoms with Crippen molar-refractivity contribution in [2.75, 3.05) is 24.3 Å². The Morgan fingerprint density at radius 3 is 2.43 bits per heavy atom. The van der Waals surface area contributed by atoms with Gasteiger partial charge in [0.2, 0.25) is 5.91 Å². The fourth-order valence-electron chi connectivity index (χ4n) is 1.92. The van der Waals surface area contributed by atoms with E-state index < -0.39 is 0 Å². The van der Waals surface area contributed by atoms with E-state index in [4.69, 9.17) is 15.2 Å². The number of carbonyl (C=O) groups excluding carboxylic acids is 1. The molecule has 1 heterocycles. The Hall–Kier alpha value is -2.76. The van der Waals surface area contributed by atoms with Gasteiger partial charge in [-0.3, -0.25) is 4.79 Å². The molecule has 1 aromatic heterocycles. The summed E-state index contributed by atoms with van der Waals surface area (Å²) < 4.78 is 11.0. The van der Waals surface area contributed by atoms with Gasteiger partial charge in [0.1, 0.15) is 17.3 Å². The summed E-state index contributed by atoms with van der Waals surface area (Å²) in [5.74, 6) is 1.92. The number of hydrogen-bond acceptors (Lipinski definition) is 5. The van der Waals surface area contributed by atoms with E-state index >= 15 is 0 Å². The maximum absolute atomic E-state index is 11.8. The van der Waals surface area contributed by atoms with Crippen LogP contribution in [0.15, 0.2) is 42.6 Å². The number of nitrogen functional groups attached to an aromatic ring is 1. The minimum absolute atomic E-state index is 0.0770. The molecular formula is C17H21N3O3. The fourth-order valence-corrected chi connectivity index (χ4v) is 1.92. The zero-order chi connectivity index (χ0) is 16.5. The summed E-state index contributed by atoms with van der Waals surface area (Å²) in [7, 11) is 0. The van der Waals surface area contributed by atoms with Gasteiger partial charge < -0.3 is 20.5 Å². The van der Waals surface area contributed by atoms with Gasteiger partial charge in [-0.25, -0.2) is 4.98 Å². The van der Waals surface area contributed by atoms with E-state index in [2.05, 4.69) is 10.3 Å². The van der Waals surface area contributed by atoms with Crippen LogP contribution in [0, 0.1) is 0 Å². The summed E-state index contributed by atoms with van der Waals surface area (Å²) in [6.07, 6.45) is 2.53. The number of hydrogen-bond donors (Lipinski definition) is 2. The highest BCUT2D eigenvalue weighted by molar-refractivity contribution is 5.90. The van der Waals surface area contributed by atoms with Crippen molar-refractivity contribution in [1.82, 2.24) is 4.98 Å². The van der Waals surface area contributed by atoms with E-state index in [1.165, 1.54) is 6.20 Å². The van der Waals surface area contributed by atoms with E-state index in [0.29, 0.717) is 37.6 Å². The smallest absolute Gasteiger partial charge is 0.224 e. The van der Waals surface area contributed by atoms with Crippen molar-refractivity contribution in [3.63, 3.8) is 0 Å². The number of nitrogens with zero attached hydrogens (tertiary/aromatic N) is 1. The molecule has 23 heavy (non-hydrogen) atoms. The lowest BCUT2D eigenvalue weighted by Gasteiger charge is -2.08. The number of pyridine rings is 1. The molecule has 0 aliphatic rings. The third-order valence-electron chi connectivity index (χ3n) is 3.02. The lowest BCUT2D eigenvalue weighted by Crippen LogP contribution is -2.13. The Kier molecular flexibility index (Phi) is 6.23. The maximum Gasteiger partial charge on any atom is 0.224 e. The van der Waals surface area contributed by atoms with E-state index in [1.54, 1.807) is 12.1 Å². The molecule has 1 aromatic carbocycles. The van der Waals surface area contributed by atoms with Gasteiger partial charge in [0.25, 0.3) is 0 Å². The van der Waals surface area contributed by atoms with E-state index in [9.17, 15) is 4.79 Å². The summed E-state index contributed by atoms with van der Waals surface area (Å²) >= 11 is 0. The highest BCUT2D eigenvalue weighted by atomic mass is 16.5. The molecule has 0 radical (unpaired) electrons. The lowest BCUT2D eigenvalue weighted by atomic mass is 10.3. The fraction of sp³-hybridized carbons (Fsp3) is 0.294. The highest BCUT2D eigenvalue weighted by Crippen LogP contribution is 2.17. The molecule has 2 rings (SSSR count). The van der Waals surface area contributed by atoms with Gasteiger partial charge in [-0.15, -0.1) is 0 Å². The van der Waals surface area contributed by atoms with Gasteiger partial charge >= 0.3 is 0 Å². The topological polar surface area (TPSA) is 86.5 Å². The Bertz CT molecular complexity index is 612. The van der Waals surface area contributed by atoms with E-state index in [0.717, 1.165) is 11.5 Å². The summed E-state index contributed by atoms with van der Waals surface area (Å²) in [5.41, 5.74) is 6.12. The number of rotatable bonds is 8. The lowest BCUT2D eigenvalue weighted by molar-refractivity contribution is -0.116. The zero-order valence-corrected chi connectivity index (χ0v) is 13.1. The van der Waals surface area contributed by atoms with Gasteiger partial charge in [0.15, 0.2) is 0 Å². The normalized spacial score (nSPS) is 10.1. The first-order chi connectivity index (χ1) is 11.2. The first-order valence-corrected chi connectivity index (χ1v) is 7.54. The molecule has 0 aliphatic carbocycles. The number of ether oxygens (including phenoxy) is 2. The van der Waals surface area contributed by atoms with Crippen LogP contribution in [0.25, 0.3) is 0 Å². The maximum atomic E-state index is 11.8. The molecule has 6 nitrogen and oxygen atoms in total. The first-order valence-electron chi connectivity index (χ1n) is 7.54. The molecule has 0 fully saturated rings. The van der Waals surface area contributed by atoms with Crippen molar-refractivity contribution < 1.29 is 14.3 Å². The quantitative estimate of drug-likeness (QED) is 0.732. The molecule has 0 spiro atoms. The second-order valence-corrected chi connectivity index (χ2v) is 4.88. The second kappa shape index (κ2) is 8.63. The number of amides is 1. The molecule has 0 saturated carbocycles. The molecule has 0 aliphatic heterocycles. The van der Waals surface area contributed by atoms with Crippen molar-refractivity contribution in [3.8, 4) is 11.5 Å². The number of nitrogens with two attached hydrogens (primary N) is 1. The van der Waals surface area contributed by atoms with Crippen LogP contribution in [0.5, 0.6) is 11.5 Å². The van der Waals surface area contributed by atoms with Gasteiger partial charge in [-0.05, 0) is 49.7 Å². The molecule has 6 heteroatoms. The van der Waals surface area contributed by atoms with Crippen LogP contribution < -0.4 is 20.5 Å². The minimum Gasteiger partial charge on any atom is -0.494 e. The van der Waals surface area contributed by atoms with Crippen molar-refractivity contribution >= 4 is 17.4 Å². The zero-order valence-electron chi connectivity index (χ0n) is 13.1. The predicted octanol–water partition coefficient (Wildman–Crippen LogP) is 2.86. The molecule has 0 atom stereocenters. The average Bonchev–Trinajstić information content (AvgIpc) is 2.55. The first kappa shape index (κ1) is 16.6. The number of aromatic nitrogens is 1. The van der Waals surface area contributed by atoms with Crippen LogP contribution in [0.1, 0.15) is 19.8 Å². The van der Waals surface area contributed by atoms with Crippen molar-refractivity contribution in [2.45, 2.75) is 19.8 Å². The Morgan fingerprint density at radius 2 is 1.83 bits per heavy atom. The Balaban J connectivity index is 1.66. The van der Waals surface area contributed by atoms with Gasteiger partial charge in [-0.1, -0.05) is 0 Å². The summed E-state index contributed by atoms with van der Waals surface area (Å²) in [6, 6.07) is 10.8. The standard InChI is InChI=1S/C17H21N3O3/c1-2-22-14-6-8-15(9-7-14)23-11-3-4-17(21)20-13-5-10-16(18)19-12-13/h5-10,12H,2-4,11H2,1H3,(H2,18,19)(H,20,21). The third kappa shape index (κ3) is 5.86.